The molecule has 1 aromatic rings. The molecule has 106 valence electrons. The smallest absolute Gasteiger partial charge is 0.191 e. The van der Waals surface area contributed by atoms with Crippen LogP contribution in [0.2, 0.25) is 5.02 Å². The van der Waals surface area contributed by atoms with Crippen LogP contribution in [0.4, 0.5) is 0 Å². The summed E-state index contributed by atoms with van der Waals surface area (Å²) in [7, 11) is 0. The van der Waals surface area contributed by atoms with Gasteiger partial charge in [0.05, 0.1) is 0 Å². The molecule has 0 spiro atoms. The van der Waals surface area contributed by atoms with E-state index < -0.39 is 0 Å². The van der Waals surface area contributed by atoms with Crippen molar-refractivity contribution < 1.29 is 0 Å². The van der Waals surface area contributed by atoms with E-state index in [9.17, 15) is 0 Å². The first-order chi connectivity index (χ1) is 8.58. The van der Waals surface area contributed by atoms with Gasteiger partial charge in [0, 0.05) is 30.1 Å². The van der Waals surface area contributed by atoms with E-state index in [1.807, 2.05) is 12.1 Å². The number of hydrogen-bond acceptors (Lipinski definition) is 3. The third-order valence-corrected chi connectivity index (χ3v) is 3.47. The Labute approximate surface area is 137 Å². The zero-order valence-electron chi connectivity index (χ0n) is 11.4. The fourth-order valence-corrected chi connectivity index (χ4v) is 2.08. The number of nitrogens with zero attached hydrogens (tertiary/aromatic N) is 1. The zero-order valence-corrected chi connectivity index (χ0v) is 14.5. The number of rotatable bonds is 3. The summed E-state index contributed by atoms with van der Waals surface area (Å²) in [4.78, 5) is 4.41. The molecule has 0 unspecified atom stereocenters. The van der Waals surface area contributed by atoms with E-state index in [4.69, 9.17) is 11.6 Å². The second-order valence-electron chi connectivity index (χ2n) is 5.25. The van der Waals surface area contributed by atoms with Crippen LogP contribution < -0.4 is 10.6 Å². The molecule has 0 radical (unpaired) electrons. The van der Waals surface area contributed by atoms with Crippen LogP contribution in [-0.4, -0.2) is 25.6 Å². The molecule has 1 aromatic carbocycles. The number of hydrogen-bond donors (Lipinski definition) is 2. The highest BCUT2D eigenvalue weighted by molar-refractivity contribution is 14.0. The summed E-state index contributed by atoms with van der Waals surface area (Å²) in [5.74, 6) is 0.920. The van der Waals surface area contributed by atoms with Crippen LogP contribution in [0.25, 0.3) is 0 Å². The molecule has 19 heavy (non-hydrogen) atoms. The lowest BCUT2D eigenvalue weighted by Crippen LogP contribution is -2.45. The lowest BCUT2D eigenvalue weighted by atomic mass is 9.85. The summed E-state index contributed by atoms with van der Waals surface area (Å²) in [5.41, 5.74) is 1.32. The van der Waals surface area contributed by atoms with Crippen LogP contribution in [0.1, 0.15) is 25.8 Å². The fraction of sp³-hybridized carbons (Fsp3) is 0.500. The average molecular weight is 394 g/mol. The van der Waals surface area contributed by atoms with Gasteiger partial charge in [0.15, 0.2) is 5.96 Å². The molecule has 0 saturated heterocycles. The van der Waals surface area contributed by atoms with E-state index in [1.54, 1.807) is 0 Å². The third kappa shape index (κ3) is 4.84. The highest BCUT2D eigenvalue weighted by Crippen LogP contribution is 2.23. The fourth-order valence-electron chi connectivity index (χ4n) is 1.96. The predicted molar refractivity (Wildman–Crippen MR) is 92.8 cm³/mol. The van der Waals surface area contributed by atoms with E-state index in [2.05, 4.69) is 41.6 Å². The maximum absolute atomic E-state index is 5.92. The van der Waals surface area contributed by atoms with Crippen molar-refractivity contribution >= 4 is 41.5 Å². The van der Waals surface area contributed by atoms with Gasteiger partial charge in [-0.05, 0) is 24.1 Å². The maximum atomic E-state index is 5.92. The Morgan fingerprint density at radius 2 is 2.00 bits per heavy atom. The zero-order chi connectivity index (χ0) is 13.0. The molecule has 1 heterocycles. The van der Waals surface area contributed by atoms with Gasteiger partial charge in [0.1, 0.15) is 0 Å². The Hall–Kier alpha value is -0.490. The van der Waals surface area contributed by atoms with Crippen molar-refractivity contribution in [1.82, 2.24) is 10.6 Å². The Bertz CT molecular complexity index is 429. The molecule has 0 atom stereocenters. The molecule has 0 aromatic heterocycles. The number of nitrogens with one attached hydrogen (secondary N) is 2. The monoisotopic (exact) mass is 393 g/mol. The SMILES string of the molecule is CC(C)(CNC1=NCCCN1)c1ccc(Cl)cc1.I. The van der Waals surface area contributed by atoms with Gasteiger partial charge in [0.25, 0.3) is 0 Å². The third-order valence-electron chi connectivity index (χ3n) is 3.22. The van der Waals surface area contributed by atoms with Crippen LogP contribution >= 0.6 is 35.6 Å². The van der Waals surface area contributed by atoms with Crippen LogP contribution in [0, 0.1) is 0 Å². The summed E-state index contributed by atoms with van der Waals surface area (Å²) in [5, 5.41) is 7.43. The molecule has 0 aliphatic carbocycles. The number of benzene rings is 1. The molecule has 3 nitrogen and oxygen atoms in total. The standard InChI is InChI=1S/C14H20ClN3.HI/c1-14(2,11-4-6-12(15)7-5-11)10-18-13-16-8-3-9-17-13;/h4-7H,3,8-10H2,1-2H3,(H2,16,17,18);1H. The van der Waals surface area contributed by atoms with Crippen LogP contribution in [0.15, 0.2) is 29.3 Å². The number of guanidine groups is 1. The quantitative estimate of drug-likeness (QED) is 0.774. The van der Waals surface area contributed by atoms with E-state index in [-0.39, 0.29) is 29.4 Å². The van der Waals surface area contributed by atoms with Gasteiger partial charge in [-0.1, -0.05) is 37.6 Å². The topological polar surface area (TPSA) is 36.4 Å². The molecule has 0 saturated carbocycles. The number of aliphatic imine (C=N–C) groups is 1. The minimum absolute atomic E-state index is 0. The van der Waals surface area contributed by atoms with Gasteiger partial charge in [-0.2, -0.15) is 0 Å². The molecular weight excluding hydrogens is 373 g/mol. The Balaban J connectivity index is 0.00000180. The normalized spacial score (nSPS) is 15.0. The minimum atomic E-state index is 0. The molecular formula is C14H21ClIN3. The average Bonchev–Trinajstić information content (AvgIpc) is 2.38. The van der Waals surface area contributed by atoms with E-state index in [0.717, 1.165) is 37.0 Å². The summed E-state index contributed by atoms with van der Waals surface area (Å²) in [6.07, 6.45) is 1.12. The van der Waals surface area contributed by atoms with Gasteiger partial charge in [-0.25, -0.2) is 0 Å². The maximum Gasteiger partial charge on any atom is 0.191 e. The largest absolute Gasteiger partial charge is 0.356 e. The Morgan fingerprint density at radius 3 is 2.58 bits per heavy atom. The first kappa shape index (κ1) is 16.6. The van der Waals surface area contributed by atoms with Crippen molar-refractivity contribution in [1.29, 1.82) is 0 Å². The van der Waals surface area contributed by atoms with Crippen molar-refractivity contribution in [3.8, 4) is 0 Å². The molecule has 0 fully saturated rings. The van der Waals surface area contributed by atoms with Crippen molar-refractivity contribution in [2.24, 2.45) is 4.99 Å². The molecule has 0 amide bonds. The van der Waals surface area contributed by atoms with Gasteiger partial charge >= 0.3 is 0 Å². The molecule has 2 rings (SSSR count). The van der Waals surface area contributed by atoms with Crippen LogP contribution in [0.3, 0.4) is 0 Å². The van der Waals surface area contributed by atoms with Gasteiger partial charge in [-0.3, -0.25) is 4.99 Å². The molecule has 1 aliphatic rings. The van der Waals surface area contributed by atoms with E-state index in [0.29, 0.717) is 0 Å². The minimum Gasteiger partial charge on any atom is -0.356 e. The summed E-state index contributed by atoms with van der Waals surface area (Å²) >= 11 is 5.92. The number of halogens is 2. The lowest BCUT2D eigenvalue weighted by Gasteiger charge is -2.27. The van der Waals surface area contributed by atoms with Crippen molar-refractivity contribution in [2.75, 3.05) is 19.6 Å². The second-order valence-corrected chi connectivity index (χ2v) is 5.69. The molecule has 0 bridgehead atoms. The first-order valence-electron chi connectivity index (χ1n) is 6.36. The van der Waals surface area contributed by atoms with E-state index in [1.165, 1.54) is 5.56 Å². The van der Waals surface area contributed by atoms with Crippen molar-refractivity contribution in [3.63, 3.8) is 0 Å². The van der Waals surface area contributed by atoms with Crippen LogP contribution in [-0.2, 0) is 5.41 Å². The lowest BCUT2D eigenvalue weighted by molar-refractivity contribution is 0.506. The highest BCUT2D eigenvalue weighted by Gasteiger charge is 2.21. The van der Waals surface area contributed by atoms with Crippen LogP contribution in [0.5, 0.6) is 0 Å². The Kier molecular flexibility index (Phi) is 6.39. The molecule has 2 N–H and O–H groups in total. The highest BCUT2D eigenvalue weighted by atomic mass is 127. The first-order valence-corrected chi connectivity index (χ1v) is 6.74. The van der Waals surface area contributed by atoms with Crippen molar-refractivity contribution in [3.05, 3.63) is 34.9 Å². The second kappa shape index (κ2) is 7.33. The predicted octanol–water partition coefficient (Wildman–Crippen LogP) is 3.17. The van der Waals surface area contributed by atoms with Gasteiger partial charge in [0.2, 0.25) is 0 Å². The molecule has 1 aliphatic heterocycles. The van der Waals surface area contributed by atoms with Crippen molar-refractivity contribution in [2.45, 2.75) is 25.7 Å². The summed E-state index contributed by atoms with van der Waals surface area (Å²) in [6.45, 7) is 7.20. The van der Waals surface area contributed by atoms with Gasteiger partial charge in [-0.15, -0.1) is 24.0 Å². The summed E-state index contributed by atoms with van der Waals surface area (Å²) in [6, 6.07) is 8.05. The summed E-state index contributed by atoms with van der Waals surface area (Å²) < 4.78 is 0. The Morgan fingerprint density at radius 1 is 1.32 bits per heavy atom. The van der Waals surface area contributed by atoms with Gasteiger partial charge < -0.3 is 10.6 Å². The van der Waals surface area contributed by atoms with E-state index >= 15 is 0 Å². The molecule has 5 heteroatoms.